The lowest BCUT2D eigenvalue weighted by atomic mass is 9.86. The van der Waals surface area contributed by atoms with Crippen molar-refractivity contribution in [3.63, 3.8) is 0 Å². The first-order valence-electron chi connectivity index (χ1n) is 9.97. The topological polar surface area (TPSA) is 70.4 Å². The second-order valence-corrected chi connectivity index (χ2v) is 8.25. The van der Waals surface area contributed by atoms with Gasteiger partial charge in [-0.3, -0.25) is 9.48 Å². The van der Waals surface area contributed by atoms with E-state index in [1.165, 1.54) is 32.1 Å². The first-order chi connectivity index (χ1) is 12.6. The fourth-order valence-corrected chi connectivity index (χ4v) is 4.36. The highest BCUT2D eigenvalue weighted by atomic mass is 35.5. The second kappa shape index (κ2) is 9.20. The summed E-state index contributed by atoms with van der Waals surface area (Å²) in [5, 5.41) is 18.8. The van der Waals surface area contributed by atoms with Crippen LogP contribution in [0.3, 0.4) is 0 Å². The average Bonchev–Trinajstić information content (AvgIpc) is 3.06. The fraction of sp³-hybridized carbons (Fsp3) is 0.789. The molecule has 146 valence electrons. The van der Waals surface area contributed by atoms with Crippen LogP contribution in [0.2, 0.25) is 5.02 Å². The zero-order chi connectivity index (χ0) is 18.4. The van der Waals surface area contributed by atoms with Crippen LogP contribution in [0.5, 0.6) is 0 Å². The predicted molar refractivity (Wildman–Crippen MR) is 102 cm³/mol. The molecule has 1 aliphatic carbocycles. The molecule has 1 amide bonds. The first-order valence-corrected chi connectivity index (χ1v) is 10.3. The van der Waals surface area contributed by atoms with Crippen LogP contribution in [0.1, 0.15) is 51.4 Å². The third kappa shape index (κ3) is 5.21. The number of aliphatic hydroxyl groups is 1. The molecule has 0 spiro atoms. The number of aromatic nitrogens is 2. The minimum atomic E-state index is -1.27. The molecule has 0 bridgehead atoms. The van der Waals surface area contributed by atoms with E-state index in [4.69, 9.17) is 11.6 Å². The molecular formula is C19H31ClN4O2. The van der Waals surface area contributed by atoms with Crippen molar-refractivity contribution >= 4 is 17.5 Å². The number of carbonyl (C=O) groups excluding carboxylic acids is 1. The van der Waals surface area contributed by atoms with Gasteiger partial charge in [0, 0.05) is 32.4 Å². The zero-order valence-corrected chi connectivity index (χ0v) is 16.3. The second-order valence-electron chi connectivity index (χ2n) is 7.82. The van der Waals surface area contributed by atoms with E-state index in [-0.39, 0.29) is 5.91 Å². The van der Waals surface area contributed by atoms with Crippen LogP contribution in [0.4, 0.5) is 0 Å². The fourth-order valence-electron chi connectivity index (χ4n) is 4.21. The Kier molecular flexibility index (Phi) is 6.95. The van der Waals surface area contributed by atoms with E-state index in [1.807, 2.05) is 4.90 Å². The summed E-state index contributed by atoms with van der Waals surface area (Å²) < 4.78 is 1.75. The van der Waals surface area contributed by atoms with Crippen LogP contribution in [0, 0.1) is 5.92 Å². The Morgan fingerprint density at radius 2 is 2.08 bits per heavy atom. The largest absolute Gasteiger partial charge is 0.379 e. The van der Waals surface area contributed by atoms with E-state index < -0.39 is 5.60 Å². The smallest absolute Gasteiger partial charge is 0.255 e. The van der Waals surface area contributed by atoms with Crippen molar-refractivity contribution in [2.75, 3.05) is 26.2 Å². The highest BCUT2D eigenvalue weighted by molar-refractivity contribution is 6.30. The maximum atomic E-state index is 12.8. The molecule has 1 aliphatic heterocycles. The monoisotopic (exact) mass is 382 g/mol. The summed E-state index contributed by atoms with van der Waals surface area (Å²) in [7, 11) is 0. The van der Waals surface area contributed by atoms with Crippen LogP contribution in [-0.4, -0.2) is 57.5 Å². The number of piperidine rings is 1. The average molecular weight is 383 g/mol. The normalized spacial score (nSPS) is 25.0. The minimum absolute atomic E-state index is 0.103. The number of hydrogen-bond acceptors (Lipinski definition) is 4. The summed E-state index contributed by atoms with van der Waals surface area (Å²) in [5.41, 5.74) is -1.27. The third-order valence-corrected chi connectivity index (χ3v) is 5.97. The molecule has 2 aliphatic rings. The van der Waals surface area contributed by atoms with Gasteiger partial charge in [0.2, 0.25) is 0 Å². The van der Waals surface area contributed by atoms with Crippen molar-refractivity contribution in [1.29, 1.82) is 0 Å². The number of amides is 1. The lowest BCUT2D eigenvalue weighted by Crippen LogP contribution is -2.58. The number of nitrogens with zero attached hydrogens (tertiary/aromatic N) is 3. The van der Waals surface area contributed by atoms with E-state index in [0.29, 0.717) is 31.1 Å². The molecule has 7 heteroatoms. The highest BCUT2D eigenvalue weighted by Crippen LogP contribution is 2.28. The van der Waals surface area contributed by atoms with Crippen LogP contribution < -0.4 is 5.32 Å². The van der Waals surface area contributed by atoms with Gasteiger partial charge in [-0.25, -0.2) is 0 Å². The molecule has 1 unspecified atom stereocenters. The van der Waals surface area contributed by atoms with Crippen molar-refractivity contribution in [3.8, 4) is 0 Å². The van der Waals surface area contributed by atoms with Crippen LogP contribution in [0.15, 0.2) is 12.4 Å². The number of hydrogen-bond donors (Lipinski definition) is 2. The van der Waals surface area contributed by atoms with E-state index in [2.05, 4.69) is 10.4 Å². The Hall–Kier alpha value is -1.11. The van der Waals surface area contributed by atoms with E-state index in [9.17, 15) is 9.90 Å². The van der Waals surface area contributed by atoms with Gasteiger partial charge in [-0.15, -0.1) is 0 Å². The van der Waals surface area contributed by atoms with E-state index in [1.54, 1.807) is 17.1 Å². The molecule has 2 fully saturated rings. The maximum Gasteiger partial charge on any atom is 0.255 e. The van der Waals surface area contributed by atoms with Gasteiger partial charge in [0.15, 0.2) is 5.60 Å². The minimum Gasteiger partial charge on any atom is -0.379 e. The summed E-state index contributed by atoms with van der Waals surface area (Å²) in [6, 6.07) is 0. The molecule has 3 rings (SSSR count). The highest BCUT2D eigenvalue weighted by Gasteiger charge is 2.41. The molecule has 1 aromatic heterocycles. The molecule has 2 N–H and O–H groups in total. The van der Waals surface area contributed by atoms with Crippen molar-refractivity contribution in [2.24, 2.45) is 5.92 Å². The first kappa shape index (κ1) is 19.6. The Bertz CT molecular complexity index is 588. The van der Waals surface area contributed by atoms with Crippen molar-refractivity contribution in [1.82, 2.24) is 20.0 Å². The van der Waals surface area contributed by atoms with Crippen LogP contribution in [0.25, 0.3) is 0 Å². The molecule has 1 atom stereocenters. The summed E-state index contributed by atoms with van der Waals surface area (Å²) in [4.78, 5) is 14.7. The van der Waals surface area contributed by atoms with Gasteiger partial charge in [0.1, 0.15) is 0 Å². The summed E-state index contributed by atoms with van der Waals surface area (Å²) in [6.07, 6.45) is 12.4. The quantitative estimate of drug-likeness (QED) is 0.677. The maximum absolute atomic E-state index is 12.8. The molecule has 2 heterocycles. The molecule has 0 radical (unpaired) electrons. The molecule has 1 saturated carbocycles. The number of rotatable bonds is 8. The third-order valence-electron chi connectivity index (χ3n) is 5.77. The number of likely N-dealkylation sites (tertiary alicyclic amines) is 1. The van der Waals surface area contributed by atoms with Gasteiger partial charge < -0.3 is 15.3 Å². The van der Waals surface area contributed by atoms with Gasteiger partial charge in [-0.1, -0.05) is 43.7 Å². The molecule has 1 aromatic rings. The molecule has 1 saturated heterocycles. The Labute approximate surface area is 160 Å². The molecule has 26 heavy (non-hydrogen) atoms. The number of nitrogens with one attached hydrogen (secondary N) is 1. The Morgan fingerprint density at radius 3 is 2.81 bits per heavy atom. The summed E-state index contributed by atoms with van der Waals surface area (Å²) >= 11 is 5.84. The lowest BCUT2D eigenvalue weighted by Gasteiger charge is -2.39. The predicted octanol–water partition coefficient (Wildman–Crippen LogP) is 2.45. The number of halogens is 1. The van der Waals surface area contributed by atoms with Crippen molar-refractivity contribution in [2.45, 2.75) is 63.5 Å². The van der Waals surface area contributed by atoms with Gasteiger partial charge in [0.25, 0.3) is 5.91 Å². The van der Waals surface area contributed by atoms with Crippen LogP contribution in [-0.2, 0) is 11.3 Å². The lowest BCUT2D eigenvalue weighted by molar-refractivity contribution is -0.156. The number of carbonyl (C=O) groups is 1. The van der Waals surface area contributed by atoms with Crippen molar-refractivity contribution in [3.05, 3.63) is 17.4 Å². The summed E-state index contributed by atoms with van der Waals surface area (Å²) in [5.74, 6) is 0.653. The molecule has 6 nitrogen and oxygen atoms in total. The van der Waals surface area contributed by atoms with Crippen molar-refractivity contribution < 1.29 is 9.90 Å². The Balaban J connectivity index is 1.42. The molecular weight excluding hydrogens is 352 g/mol. The zero-order valence-electron chi connectivity index (χ0n) is 15.5. The standard InChI is InChI=1S/C19H31ClN4O2/c20-17-13-22-24(14-17)12-9-21-15-19(26)8-4-10-23(18(19)25)11-7-16-5-2-1-3-6-16/h13-14,16,21,26H,1-12,15H2. The Morgan fingerprint density at radius 1 is 1.27 bits per heavy atom. The van der Waals surface area contributed by atoms with Gasteiger partial charge in [-0.2, -0.15) is 5.10 Å². The SMILES string of the molecule is O=C1N(CCC2CCCCC2)CCCC1(O)CNCCn1cc(Cl)cn1. The van der Waals surface area contributed by atoms with E-state index >= 15 is 0 Å². The van der Waals surface area contributed by atoms with Gasteiger partial charge in [-0.05, 0) is 25.2 Å². The van der Waals surface area contributed by atoms with Gasteiger partial charge >= 0.3 is 0 Å². The van der Waals surface area contributed by atoms with Gasteiger partial charge in [0.05, 0.1) is 17.8 Å². The van der Waals surface area contributed by atoms with E-state index in [0.717, 1.165) is 31.8 Å². The van der Waals surface area contributed by atoms with Crippen LogP contribution >= 0.6 is 11.6 Å². The molecule has 0 aromatic carbocycles. The summed E-state index contributed by atoms with van der Waals surface area (Å²) in [6.45, 7) is 3.15.